The molecule has 3 nitrogen and oxygen atoms in total. The monoisotopic (exact) mass is 432 g/mol. The van der Waals surface area contributed by atoms with E-state index in [0.29, 0.717) is 6.54 Å². The maximum atomic E-state index is 13.8. The fourth-order valence-corrected chi connectivity index (χ4v) is 4.15. The normalized spacial score (nSPS) is 18.8. The molecule has 1 heterocycles. The Labute approximate surface area is 173 Å². The molecule has 3 aromatic rings. The number of anilines is 2. The SMILES string of the molecule is C=C1CN[C@@H](c2cccc(Br)c2)[C@@H]1C(=O)N(c1ccccc1)c1ccccc1. The number of hydrogen-bond donors (Lipinski definition) is 1. The van der Waals surface area contributed by atoms with Gasteiger partial charge in [0.25, 0.3) is 0 Å². The highest BCUT2D eigenvalue weighted by Crippen LogP contribution is 2.38. The fourth-order valence-electron chi connectivity index (χ4n) is 3.73. The molecule has 1 fully saturated rings. The maximum absolute atomic E-state index is 13.8. The molecule has 1 aliphatic heterocycles. The van der Waals surface area contributed by atoms with Crippen LogP contribution in [0.5, 0.6) is 0 Å². The van der Waals surface area contributed by atoms with Gasteiger partial charge in [-0.3, -0.25) is 9.69 Å². The second-order valence-corrected chi connectivity index (χ2v) is 7.81. The third kappa shape index (κ3) is 3.66. The van der Waals surface area contributed by atoms with E-state index in [1.54, 1.807) is 4.90 Å². The minimum absolute atomic E-state index is 0.0253. The third-order valence-electron chi connectivity index (χ3n) is 5.05. The van der Waals surface area contributed by atoms with Crippen molar-refractivity contribution in [1.29, 1.82) is 0 Å². The van der Waals surface area contributed by atoms with Crippen molar-refractivity contribution >= 4 is 33.2 Å². The van der Waals surface area contributed by atoms with E-state index in [0.717, 1.165) is 27.0 Å². The van der Waals surface area contributed by atoms with Gasteiger partial charge in [-0.05, 0) is 47.5 Å². The van der Waals surface area contributed by atoms with Gasteiger partial charge in [-0.15, -0.1) is 0 Å². The van der Waals surface area contributed by atoms with E-state index in [-0.39, 0.29) is 17.9 Å². The van der Waals surface area contributed by atoms with Gasteiger partial charge in [-0.2, -0.15) is 0 Å². The zero-order valence-electron chi connectivity index (χ0n) is 15.4. The van der Waals surface area contributed by atoms with Crippen LogP contribution in [0.15, 0.2) is 102 Å². The van der Waals surface area contributed by atoms with Crippen molar-refractivity contribution in [3.8, 4) is 0 Å². The highest BCUT2D eigenvalue weighted by atomic mass is 79.9. The van der Waals surface area contributed by atoms with E-state index in [9.17, 15) is 4.79 Å². The van der Waals surface area contributed by atoms with Crippen molar-refractivity contribution in [2.75, 3.05) is 11.4 Å². The second kappa shape index (κ2) is 8.13. The van der Waals surface area contributed by atoms with Crippen LogP contribution in [-0.4, -0.2) is 12.5 Å². The highest BCUT2D eigenvalue weighted by molar-refractivity contribution is 9.10. The first-order valence-corrected chi connectivity index (χ1v) is 10.0. The zero-order valence-corrected chi connectivity index (χ0v) is 17.0. The molecule has 0 aliphatic carbocycles. The second-order valence-electron chi connectivity index (χ2n) is 6.89. The van der Waals surface area contributed by atoms with E-state index in [1.165, 1.54) is 0 Å². The van der Waals surface area contributed by atoms with Crippen molar-refractivity contribution in [2.45, 2.75) is 6.04 Å². The minimum Gasteiger partial charge on any atom is -0.305 e. The van der Waals surface area contributed by atoms with Crippen LogP contribution in [0.3, 0.4) is 0 Å². The van der Waals surface area contributed by atoms with E-state index in [4.69, 9.17) is 0 Å². The van der Waals surface area contributed by atoms with Gasteiger partial charge in [0.15, 0.2) is 0 Å². The van der Waals surface area contributed by atoms with E-state index in [1.807, 2.05) is 72.8 Å². The molecule has 28 heavy (non-hydrogen) atoms. The summed E-state index contributed by atoms with van der Waals surface area (Å²) < 4.78 is 0.999. The highest BCUT2D eigenvalue weighted by Gasteiger charge is 2.39. The van der Waals surface area contributed by atoms with Crippen LogP contribution in [0.4, 0.5) is 11.4 Å². The van der Waals surface area contributed by atoms with Gasteiger partial charge in [0, 0.05) is 28.4 Å². The number of rotatable bonds is 4. The topological polar surface area (TPSA) is 32.3 Å². The average molecular weight is 433 g/mol. The minimum atomic E-state index is -0.338. The summed E-state index contributed by atoms with van der Waals surface area (Å²) in [5.41, 5.74) is 3.69. The smallest absolute Gasteiger partial charge is 0.240 e. The summed E-state index contributed by atoms with van der Waals surface area (Å²) in [6, 6.07) is 27.6. The summed E-state index contributed by atoms with van der Waals surface area (Å²) in [6.45, 7) is 4.83. The van der Waals surface area contributed by atoms with Crippen LogP contribution in [-0.2, 0) is 4.79 Å². The quantitative estimate of drug-likeness (QED) is 0.541. The molecule has 0 unspecified atom stereocenters. The fraction of sp³-hybridized carbons (Fsp3) is 0.125. The number of carbonyl (C=O) groups is 1. The number of halogens is 1. The first kappa shape index (κ1) is 18.7. The summed E-state index contributed by atoms with van der Waals surface area (Å²) in [5.74, 6) is -0.313. The lowest BCUT2D eigenvalue weighted by Gasteiger charge is -2.29. The molecule has 1 aliphatic rings. The van der Waals surface area contributed by atoms with Gasteiger partial charge < -0.3 is 5.32 Å². The molecule has 0 radical (unpaired) electrons. The predicted molar refractivity (Wildman–Crippen MR) is 118 cm³/mol. The van der Waals surface area contributed by atoms with Gasteiger partial charge in [-0.1, -0.05) is 71.0 Å². The summed E-state index contributed by atoms with van der Waals surface area (Å²) in [5, 5.41) is 3.47. The number of para-hydroxylation sites is 2. The van der Waals surface area contributed by atoms with Crippen molar-refractivity contribution in [3.63, 3.8) is 0 Å². The number of benzene rings is 3. The predicted octanol–water partition coefficient (Wildman–Crippen LogP) is 5.63. The van der Waals surface area contributed by atoms with E-state index >= 15 is 0 Å². The van der Waals surface area contributed by atoms with Crippen LogP contribution in [0.1, 0.15) is 11.6 Å². The molecular weight excluding hydrogens is 412 g/mol. The number of amides is 1. The van der Waals surface area contributed by atoms with Gasteiger partial charge in [-0.25, -0.2) is 0 Å². The van der Waals surface area contributed by atoms with Gasteiger partial charge >= 0.3 is 0 Å². The molecule has 0 spiro atoms. The Morgan fingerprint density at radius 3 is 2.11 bits per heavy atom. The number of nitrogens with zero attached hydrogens (tertiary/aromatic N) is 1. The Bertz CT molecular complexity index is 948. The first-order valence-electron chi connectivity index (χ1n) is 9.26. The lowest BCUT2D eigenvalue weighted by molar-refractivity contribution is -0.120. The molecule has 3 aromatic carbocycles. The van der Waals surface area contributed by atoms with Gasteiger partial charge in [0.05, 0.1) is 5.92 Å². The molecule has 4 heteroatoms. The van der Waals surface area contributed by atoms with E-state index in [2.05, 4.69) is 40.0 Å². The van der Waals surface area contributed by atoms with Crippen molar-refractivity contribution in [1.82, 2.24) is 5.32 Å². The van der Waals surface area contributed by atoms with Crippen molar-refractivity contribution < 1.29 is 4.79 Å². The van der Waals surface area contributed by atoms with Gasteiger partial charge in [0.2, 0.25) is 5.91 Å². The molecule has 0 bridgehead atoms. The molecule has 4 rings (SSSR count). The molecule has 140 valence electrons. The first-order chi connectivity index (χ1) is 13.6. The Morgan fingerprint density at radius 2 is 1.54 bits per heavy atom. The number of carbonyl (C=O) groups excluding carboxylic acids is 1. The largest absolute Gasteiger partial charge is 0.305 e. The van der Waals surface area contributed by atoms with E-state index < -0.39 is 0 Å². The number of hydrogen-bond acceptors (Lipinski definition) is 2. The molecule has 2 atom stereocenters. The molecular formula is C24H21BrN2O. The van der Waals surface area contributed by atoms with Crippen LogP contribution < -0.4 is 10.2 Å². The lowest BCUT2D eigenvalue weighted by atomic mass is 9.90. The molecule has 0 aromatic heterocycles. The van der Waals surface area contributed by atoms with Crippen LogP contribution in [0.25, 0.3) is 0 Å². The Kier molecular flexibility index (Phi) is 5.42. The summed E-state index contributed by atoms with van der Waals surface area (Å²) in [7, 11) is 0. The number of nitrogens with one attached hydrogen (secondary N) is 1. The Morgan fingerprint density at radius 1 is 0.929 bits per heavy atom. The summed E-state index contributed by atoms with van der Waals surface area (Å²) in [4.78, 5) is 15.6. The van der Waals surface area contributed by atoms with Crippen LogP contribution in [0, 0.1) is 5.92 Å². The zero-order chi connectivity index (χ0) is 19.5. The third-order valence-corrected chi connectivity index (χ3v) is 5.54. The van der Waals surface area contributed by atoms with Gasteiger partial charge in [0.1, 0.15) is 0 Å². The van der Waals surface area contributed by atoms with Crippen LogP contribution >= 0.6 is 15.9 Å². The standard InChI is InChI=1S/C24H21BrN2O/c1-17-16-26-23(18-9-8-10-19(25)15-18)22(17)24(28)27(20-11-4-2-5-12-20)21-13-6-3-7-14-21/h2-15,22-23,26H,1,16H2/t22-,23+/m1/s1. The lowest BCUT2D eigenvalue weighted by Crippen LogP contribution is -2.35. The Hall–Kier alpha value is -2.69. The maximum Gasteiger partial charge on any atom is 0.240 e. The molecule has 1 saturated heterocycles. The molecule has 1 N–H and O–H groups in total. The van der Waals surface area contributed by atoms with Crippen molar-refractivity contribution in [2.24, 2.45) is 5.92 Å². The molecule has 1 amide bonds. The average Bonchev–Trinajstić information content (AvgIpc) is 3.11. The summed E-state index contributed by atoms with van der Waals surface area (Å²) >= 11 is 3.54. The Balaban J connectivity index is 1.76. The van der Waals surface area contributed by atoms with Crippen LogP contribution in [0.2, 0.25) is 0 Å². The summed E-state index contributed by atoms with van der Waals surface area (Å²) in [6.07, 6.45) is 0. The molecule has 0 saturated carbocycles. The van der Waals surface area contributed by atoms with Crippen molar-refractivity contribution in [3.05, 3.63) is 107 Å².